The minimum Gasteiger partial charge on any atom is -0.480 e. The molecule has 0 radical (unpaired) electrons. The van der Waals surface area contributed by atoms with Gasteiger partial charge >= 0.3 is 5.97 Å². The lowest BCUT2D eigenvalue weighted by Crippen LogP contribution is -2.36. The monoisotopic (exact) mass is 550 g/mol. The summed E-state index contributed by atoms with van der Waals surface area (Å²) in [6, 6.07) is 12.8. The number of carboxylic acids is 1. The van der Waals surface area contributed by atoms with Crippen molar-refractivity contribution in [2.24, 2.45) is 0 Å². The number of benzene rings is 1. The average molecular weight is 551 g/mol. The van der Waals surface area contributed by atoms with Crippen LogP contribution in [0.2, 0.25) is 0 Å². The number of nitrogen functional groups attached to an aromatic ring is 1. The third kappa shape index (κ3) is 5.65. The van der Waals surface area contributed by atoms with E-state index in [9.17, 15) is 23.1 Å². The first kappa shape index (κ1) is 26.9. The molecule has 1 aromatic carbocycles. The first-order chi connectivity index (χ1) is 19.2. The maximum atomic E-state index is 13.7. The second kappa shape index (κ2) is 11.2. The number of nitrogens with zero attached hydrogens (tertiary/aromatic N) is 5. The van der Waals surface area contributed by atoms with E-state index in [4.69, 9.17) is 10.5 Å². The summed E-state index contributed by atoms with van der Waals surface area (Å²) in [6.45, 7) is 2.07. The molecule has 3 aromatic heterocycles. The zero-order valence-corrected chi connectivity index (χ0v) is 21.4. The number of aromatic nitrogens is 4. The number of rotatable bonds is 8. The number of pyridine rings is 2. The molecule has 1 saturated heterocycles. The summed E-state index contributed by atoms with van der Waals surface area (Å²) in [5.41, 5.74) is 7.73. The quantitative estimate of drug-likeness (QED) is 0.304. The van der Waals surface area contributed by atoms with Crippen LogP contribution in [0.5, 0.6) is 5.88 Å². The molecule has 1 atom stereocenters. The molecule has 9 nitrogen and oxygen atoms in total. The number of hydrogen-bond acceptors (Lipinski definition) is 8. The van der Waals surface area contributed by atoms with Crippen LogP contribution in [0.1, 0.15) is 36.3 Å². The molecule has 3 N–H and O–H groups in total. The lowest BCUT2D eigenvalue weighted by atomic mass is 9.99. The van der Waals surface area contributed by atoms with Gasteiger partial charge in [-0.25, -0.2) is 27.9 Å². The van der Waals surface area contributed by atoms with Gasteiger partial charge in [0.25, 0.3) is 6.43 Å². The zero-order valence-electron chi connectivity index (χ0n) is 21.4. The van der Waals surface area contributed by atoms with E-state index in [1.807, 2.05) is 0 Å². The molecule has 0 amide bonds. The number of aryl methyl sites for hydroxylation is 1. The largest absolute Gasteiger partial charge is 0.480 e. The van der Waals surface area contributed by atoms with E-state index >= 15 is 0 Å². The van der Waals surface area contributed by atoms with Gasteiger partial charge in [0.15, 0.2) is 0 Å². The van der Waals surface area contributed by atoms with Crippen molar-refractivity contribution in [2.45, 2.75) is 38.8 Å². The molecule has 12 heteroatoms. The van der Waals surface area contributed by atoms with Crippen LogP contribution in [0.15, 0.2) is 54.6 Å². The Labute approximate surface area is 227 Å². The van der Waals surface area contributed by atoms with Crippen LogP contribution < -0.4 is 15.4 Å². The van der Waals surface area contributed by atoms with Gasteiger partial charge in [-0.1, -0.05) is 6.07 Å². The van der Waals surface area contributed by atoms with Gasteiger partial charge < -0.3 is 20.5 Å². The highest BCUT2D eigenvalue weighted by atomic mass is 19.3. The maximum Gasteiger partial charge on any atom is 0.326 e. The Kier molecular flexibility index (Phi) is 7.50. The van der Waals surface area contributed by atoms with E-state index in [1.54, 1.807) is 36.1 Å². The molecule has 0 unspecified atom stereocenters. The topological polar surface area (TPSA) is 127 Å². The van der Waals surface area contributed by atoms with E-state index in [0.717, 1.165) is 6.42 Å². The smallest absolute Gasteiger partial charge is 0.326 e. The molecule has 0 aliphatic carbocycles. The molecule has 1 aliphatic heterocycles. The predicted molar refractivity (Wildman–Crippen MR) is 141 cm³/mol. The number of halogens is 3. The third-order valence-corrected chi connectivity index (χ3v) is 6.48. The second-order valence-electron chi connectivity index (χ2n) is 9.31. The second-order valence-corrected chi connectivity index (χ2v) is 9.31. The highest BCUT2D eigenvalue weighted by Crippen LogP contribution is 2.39. The van der Waals surface area contributed by atoms with E-state index in [0.29, 0.717) is 41.3 Å². The molecule has 4 aromatic rings. The van der Waals surface area contributed by atoms with Crippen LogP contribution >= 0.6 is 0 Å². The third-order valence-electron chi connectivity index (χ3n) is 6.48. The predicted octanol–water partition coefficient (Wildman–Crippen LogP) is 5.20. The van der Waals surface area contributed by atoms with Crippen LogP contribution in [0.25, 0.3) is 22.4 Å². The Morgan fingerprint density at radius 2 is 1.88 bits per heavy atom. The van der Waals surface area contributed by atoms with Crippen molar-refractivity contribution in [3.8, 4) is 28.3 Å². The fourth-order valence-corrected chi connectivity index (χ4v) is 4.74. The van der Waals surface area contributed by atoms with Crippen LogP contribution in [0.3, 0.4) is 0 Å². The van der Waals surface area contributed by atoms with Crippen molar-refractivity contribution in [1.29, 1.82) is 0 Å². The van der Waals surface area contributed by atoms with E-state index in [1.165, 1.54) is 30.3 Å². The van der Waals surface area contributed by atoms with Crippen molar-refractivity contribution < 1.29 is 27.8 Å². The van der Waals surface area contributed by atoms with E-state index < -0.39 is 29.9 Å². The average Bonchev–Trinajstić information content (AvgIpc) is 3.42. The van der Waals surface area contributed by atoms with Crippen LogP contribution in [-0.4, -0.2) is 43.6 Å². The van der Waals surface area contributed by atoms with Gasteiger partial charge in [-0.3, -0.25) is 4.98 Å². The van der Waals surface area contributed by atoms with Crippen molar-refractivity contribution in [3.63, 3.8) is 0 Å². The van der Waals surface area contributed by atoms with Crippen LogP contribution in [0.4, 0.5) is 24.9 Å². The Morgan fingerprint density at radius 3 is 2.60 bits per heavy atom. The Bertz CT molecular complexity index is 1550. The molecule has 1 fully saturated rings. The fourth-order valence-electron chi connectivity index (χ4n) is 4.74. The number of anilines is 2. The minimum atomic E-state index is -2.82. The fraction of sp³-hybridized carbons (Fsp3) is 0.250. The van der Waals surface area contributed by atoms with Gasteiger partial charge in [0, 0.05) is 17.8 Å². The van der Waals surface area contributed by atoms with Crippen molar-refractivity contribution in [3.05, 3.63) is 77.5 Å². The van der Waals surface area contributed by atoms with Gasteiger partial charge in [-0.15, -0.1) is 0 Å². The highest BCUT2D eigenvalue weighted by Gasteiger charge is 2.31. The molecule has 5 rings (SSSR count). The summed E-state index contributed by atoms with van der Waals surface area (Å²) in [4.78, 5) is 30.5. The van der Waals surface area contributed by atoms with Gasteiger partial charge in [0.2, 0.25) is 11.8 Å². The first-order valence-electron chi connectivity index (χ1n) is 12.5. The van der Waals surface area contributed by atoms with Gasteiger partial charge in [0.1, 0.15) is 30.0 Å². The molecule has 40 heavy (non-hydrogen) atoms. The summed E-state index contributed by atoms with van der Waals surface area (Å²) < 4.78 is 47.1. The standard InChI is InChI=1S/C28H25F3N6O3/c1-15-12-17(13-20(33-15)25(30)31)23-24(16-7-9-18(29)10-8-16)35-28(32)36-26(23)40-14-19-4-2-6-22(34-19)37-11-3-5-21(37)27(38)39/h2,4,6-10,12-13,21,25H,3,5,11,14H2,1H3,(H,38,39)(H2,32,35,36)/t21-/m0/s1. The van der Waals surface area contributed by atoms with Crippen LogP contribution in [0, 0.1) is 12.7 Å². The summed E-state index contributed by atoms with van der Waals surface area (Å²) in [7, 11) is 0. The first-order valence-corrected chi connectivity index (χ1v) is 12.5. The number of aliphatic carboxylic acids is 1. The molecular weight excluding hydrogens is 525 g/mol. The van der Waals surface area contributed by atoms with Crippen LogP contribution in [-0.2, 0) is 11.4 Å². The van der Waals surface area contributed by atoms with Gasteiger partial charge in [-0.05, 0) is 73.9 Å². The number of carboxylic acid groups (broad SMARTS) is 1. The molecule has 0 spiro atoms. The maximum absolute atomic E-state index is 13.7. The Hall–Kier alpha value is -4.74. The number of hydrogen-bond donors (Lipinski definition) is 2. The molecule has 1 aliphatic rings. The lowest BCUT2D eigenvalue weighted by molar-refractivity contribution is -0.138. The number of nitrogens with two attached hydrogens (primary N) is 1. The minimum absolute atomic E-state index is 0.00873. The number of ether oxygens (including phenoxy) is 1. The van der Waals surface area contributed by atoms with Gasteiger partial charge in [-0.2, -0.15) is 4.98 Å². The zero-order chi connectivity index (χ0) is 28.4. The number of carbonyl (C=O) groups is 1. The van der Waals surface area contributed by atoms with Crippen molar-refractivity contribution in [2.75, 3.05) is 17.2 Å². The normalized spacial score (nSPS) is 15.0. The van der Waals surface area contributed by atoms with E-state index in [-0.39, 0.29) is 29.7 Å². The Balaban J connectivity index is 1.56. The van der Waals surface area contributed by atoms with Gasteiger partial charge in [0.05, 0.1) is 17.0 Å². The van der Waals surface area contributed by atoms with E-state index in [2.05, 4.69) is 19.9 Å². The summed E-state index contributed by atoms with van der Waals surface area (Å²) >= 11 is 0. The summed E-state index contributed by atoms with van der Waals surface area (Å²) in [6.07, 6.45) is -1.56. The van der Waals surface area contributed by atoms with Crippen molar-refractivity contribution >= 4 is 17.7 Å². The molecule has 0 saturated carbocycles. The summed E-state index contributed by atoms with van der Waals surface area (Å²) in [5.74, 6) is -0.994. The lowest BCUT2D eigenvalue weighted by Gasteiger charge is -2.23. The molecule has 0 bridgehead atoms. The van der Waals surface area contributed by atoms with Crippen molar-refractivity contribution in [1.82, 2.24) is 19.9 Å². The number of alkyl halides is 2. The highest BCUT2D eigenvalue weighted by molar-refractivity contribution is 5.85. The molecular formula is C28H25F3N6O3. The molecule has 206 valence electrons. The Morgan fingerprint density at radius 1 is 1.10 bits per heavy atom. The molecule has 4 heterocycles. The SMILES string of the molecule is Cc1cc(-c2c(OCc3cccc(N4CCC[C@H]4C(=O)O)n3)nc(N)nc2-c2ccc(F)cc2)cc(C(F)F)n1. The summed E-state index contributed by atoms with van der Waals surface area (Å²) in [5, 5.41) is 9.55.